The molecule has 4 aromatic rings. The van der Waals surface area contributed by atoms with E-state index in [0.717, 1.165) is 49.3 Å². The third-order valence-corrected chi connectivity index (χ3v) is 8.11. The molecule has 1 N–H and O–H groups in total. The molecule has 6 rings (SSSR count). The second-order valence-electron chi connectivity index (χ2n) is 11.0. The number of carbonyl (C=O) groups is 1. The van der Waals surface area contributed by atoms with Gasteiger partial charge in [0.05, 0.1) is 22.6 Å². The molecule has 8 nitrogen and oxygen atoms in total. The summed E-state index contributed by atoms with van der Waals surface area (Å²) in [7, 11) is 2.16. The second kappa shape index (κ2) is 12.1. The Bertz CT molecular complexity index is 1690. The minimum Gasteiger partial charge on any atom is -0.309 e. The third-order valence-electron chi connectivity index (χ3n) is 8.11. The van der Waals surface area contributed by atoms with Gasteiger partial charge >= 0.3 is 11.9 Å². The molecule has 12 heteroatoms. The Morgan fingerprint density at radius 1 is 1.14 bits per heavy atom. The Morgan fingerprint density at radius 3 is 2.58 bits per heavy atom. The Kier molecular flexibility index (Phi) is 8.50. The van der Waals surface area contributed by atoms with Gasteiger partial charge in [-0.15, -0.1) is 0 Å². The minimum atomic E-state index is -4.78. The number of likely N-dealkylation sites (tertiary alicyclic amines) is 1. The van der Waals surface area contributed by atoms with Crippen LogP contribution in [0.25, 0.3) is 23.0 Å². The number of benzene rings is 1. The van der Waals surface area contributed by atoms with Crippen molar-refractivity contribution in [1.29, 1.82) is 0 Å². The zero-order chi connectivity index (χ0) is 30.9. The number of H-pyrrole nitrogens is 1. The maximum Gasteiger partial charge on any atom is 0.419 e. The Morgan fingerprint density at radius 2 is 1.93 bits per heavy atom. The number of nitrogens with zero attached hydrogens (tertiary/aromatic N) is 5. The maximum atomic E-state index is 13.8. The highest BCUT2D eigenvalue weighted by atomic mass is 19.4. The molecule has 226 valence electrons. The van der Waals surface area contributed by atoms with E-state index in [1.807, 2.05) is 4.57 Å². The molecule has 1 saturated heterocycles. The first kappa shape index (κ1) is 30.1. The molecule has 0 radical (unpaired) electrons. The van der Waals surface area contributed by atoms with Crippen molar-refractivity contribution in [3.63, 3.8) is 0 Å². The fourth-order valence-corrected chi connectivity index (χ4v) is 5.63. The second-order valence-corrected chi connectivity index (χ2v) is 11.0. The summed E-state index contributed by atoms with van der Waals surface area (Å²) in [6, 6.07) is 8.13. The summed E-state index contributed by atoms with van der Waals surface area (Å²) in [4.78, 5) is 32.7. The van der Waals surface area contributed by atoms with E-state index in [2.05, 4.69) is 53.0 Å². The Labute approximate surface area is 245 Å². The molecule has 0 saturated carbocycles. The fraction of sp³-hybridized carbons (Fsp3) is 0.355. The molecule has 1 aromatic carbocycles. The topological polar surface area (TPSA) is 88.8 Å². The van der Waals surface area contributed by atoms with Gasteiger partial charge in [-0.25, -0.2) is 13.9 Å². The van der Waals surface area contributed by atoms with Crippen LogP contribution in [0.1, 0.15) is 72.5 Å². The van der Waals surface area contributed by atoms with E-state index >= 15 is 0 Å². The maximum absolute atomic E-state index is 13.8. The van der Waals surface area contributed by atoms with Gasteiger partial charge in [0.15, 0.2) is 6.29 Å². The van der Waals surface area contributed by atoms with Crippen LogP contribution in [0.3, 0.4) is 0 Å². The van der Waals surface area contributed by atoms with E-state index in [0.29, 0.717) is 41.6 Å². The summed E-state index contributed by atoms with van der Waals surface area (Å²) >= 11 is 0. The zero-order valence-corrected chi connectivity index (χ0v) is 24.0. The number of nitrogens with one attached hydrogen (secondary N) is 1. The molecule has 1 aliphatic carbocycles. The average Bonchev–Trinajstić information content (AvgIpc) is 3.56. The number of hydrogen-bond donors (Lipinski definition) is 1. The Balaban J connectivity index is 0.000000176. The van der Waals surface area contributed by atoms with Crippen LogP contribution in [0.5, 0.6) is 0 Å². The number of rotatable bonds is 4. The van der Waals surface area contributed by atoms with Gasteiger partial charge in [-0.3, -0.25) is 14.3 Å². The average molecular weight is 597 g/mol. The lowest BCUT2D eigenvalue weighted by Gasteiger charge is -2.35. The molecular weight excluding hydrogens is 564 g/mol. The van der Waals surface area contributed by atoms with E-state index in [1.165, 1.54) is 16.9 Å². The normalized spacial score (nSPS) is 20.3. The standard InChI is InChI=1S/C16H9F4N3O.C15H23N3O/c17-14-7-12(3-4-13(14)16(18,19)20)23-15(6-11(9-24)22-23)10-2-1-5-21-8-10;1-10-5-4-6-13-14(10)16-15(19)18(13)12-7-8-17(3)11(2)9-12/h1-9H;4,6,10-12H,5,7-9H2,1-3H3,(H,16,19). The summed E-state index contributed by atoms with van der Waals surface area (Å²) in [6.07, 6.45) is 6.22. The van der Waals surface area contributed by atoms with Crippen molar-refractivity contribution in [3.05, 3.63) is 93.8 Å². The zero-order valence-electron chi connectivity index (χ0n) is 24.0. The van der Waals surface area contributed by atoms with Crippen molar-refractivity contribution in [2.24, 2.45) is 0 Å². The largest absolute Gasteiger partial charge is 0.419 e. The molecule has 0 amide bonds. The van der Waals surface area contributed by atoms with Gasteiger partial charge in [0.25, 0.3) is 0 Å². The van der Waals surface area contributed by atoms with Crippen molar-refractivity contribution in [1.82, 2.24) is 29.2 Å². The highest BCUT2D eigenvalue weighted by molar-refractivity contribution is 5.76. The molecular formula is C31H32F4N6O2. The summed E-state index contributed by atoms with van der Waals surface area (Å²) in [6.45, 7) is 5.49. The first-order valence-electron chi connectivity index (χ1n) is 14.0. The van der Waals surface area contributed by atoms with Gasteiger partial charge in [0, 0.05) is 54.3 Å². The molecule has 0 bridgehead atoms. The minimum absolute atomic E-state index is 0.0625. The predicted octanol–water partition coefficient (Wildman–Crippen LogP) is 6.26. The quantitative estimate of drug-likeness (QED) is 0.222. The molecule has 3 unspecified atom stereocenters. The molecule has 0 spiro atoms. The number of hydrogen-bond acceptors (Lipinski definition) is 5. The van der Waals surface area contributed by atoms with Crippen LogP contribution in [0.15, 0.2) is 59.7 Å². The predicted molar refractivity (Wildman–Crippen MR) is 155 cm³/mol. The molecule has 1 fully saturated rings. The van der Waals surface area contributed by atoms with Crippen LogP contribution in [-0.2, 0) is 6.18 Å². The van der Waals surface area contributed by atoms with Crippen molar-refractivity contribution in [2.75, 3.05) is 13.6 Å². The number of carbonyl (C=O) groups excluding carboxylic acids is 1. The van der Waals surface area contributed by atoms with Gasteiger partial charge in [0.2, 0.25) is 0 Å². The number of aromatic amines is 1. The number of pyridine rings is 1. The molecule has 1 aliphatic heterocycles. The molecule has 3 aromatic heterocycles. The number of fused-ring (bicyclic) bond motifs is 1. The van der Waals surface area contributed by atoms with Crippen molar-refractivity contribution in [2.45, 2.75) is 57.3 Å². The van der Waals surface area contributed by atoms with Crippen molar-refractivity contribution < 1.29 is 22.4 Å². The highest BCUT2D eigenvalue weighted by Gasteiger charge is 2.34. The molecule has 43 heavy (non-hydrogen) atoms. The first-order chi connectivity index (χ1) is 20.5. The van der Waals surface area contributed by atoms with Crippen molar-refractivity contribution in [3.8, 4) is 16.9 Å². The van der Waals surface area contributed by atoms with Gasteiger partial charge in [-0.1, -0.05) is 13.0 Å². The number of piperidine rings is 1. The highest BCUT2D eigenvalue weighted by Crippen LogP contribution is 2.34. The SMILES string of the molecule is CC1CC=Cc2c1[nH]c(=O)n2C1CCN(C)C(C)C1.O=Cc1cc(-c2cccnc2)n(-c2ccc(C(F)(F)F)c(F)c2)n1. The molecule has 4 heterocycles. The van der Waals surface area contributed by atoms with Crippen LogP contribution in [0.4, 0.5) is 17.6 Å². The number of aldehydes is 1. The molecule has 2 aliphatic rings. The van der Waals surface area contributed by atoms with Crippen LogP contribution in [0.2, 0.25) is 0 Å². The smallest absolute Gasteiger partial charge is 0.309 e. The van der Waals surface area contributed by atoms with E-state index in [1.54, 1.807) is 18.3 Å². The summed E-state index contributed by atoms with van der Waals surface area (Å²) in [5, 5.41) is 3.98. The number of aromatic nitrogens is 5. The lowest BCUT2D eigenvalue weighted by molar-refractivity contribution is -0.140. The number of imidazole rings is 1. The van der Waals surface area contributed by atoms with Crippen LogP contribution in [-0.4, -0.2) is 55.1 Å². The summed E-state index contributed by atoms with van der Waals surface area (Å²) in [5.74, 6) is -0.988. The summed E-state index contributed by atoms with van der Waals surface area (Å²) < 4.78 is 55.0. The number of allylic oxidation sites excluding steroid dienone is 1. The van der Waals surface area contributed by atoms with E-state index < -0.39 is 17.6 Å². The number of alkyl halides is 3. The Hall–Kier alpha value is -4.32. The van der Waals surface area contributed by atoms with Gasteiger partial charge in [0.1, 0.15) is 11.5 Å². The summed E-state index contributed by atoms with van der Waals surface area (Å²) in [5.41, 5.74) is 2.07. The third kappa shape index (κ3) is 6.24. The lowest BCUT2D eigenvalue weighted by atomic mass is 9.95. The first-order valence-corrected chi connectivity index (χ1v) is 14.0. The fourth-order valence-electron chi connectivity index (χ4n) is 5.63. The van der Waals surface area contributed by atoms with Gasteiger partial charge < -0.3 is 9.88 Å². The lowest BCUT2D eigenvalue weighted by Crippen LogP contribution is -2.40. The van der Waals surface area contributed by atoms with E-state index in [4.69, 9.17) is 0 Å². The van der Waals surface area contributed by atoms with E-state index in [9.17, 15) is 27.2 Å². The van der Waals surface area contributed by atoms with Gasteiger partial charge in [-0.2, -0.15) is 18.3 Å². The molecule has 3 atom stereocenters. The van der Waals surface area contributed by atoms with Crippen molar-refractivity contribution >= 4 is 12.4 Å². The van der Waals surface area contributed by atoms with Crippen LogP contribution >= 0.6 is 0 Å². The monoisotopic (exact) mass is 596 g/mol. The number of halogens is 4. The van der Waals surface area contributed by atoms with Crippen LogP contribution < -0.4 is 5.69 Å². The van der Waals surface area contributed by atoms with Gasteiger partial charge in [-0.05, 0) is 69.6 Å². The van der Waals surface area contributed by atoms with Crippen LogP contribution in [0, 0.1) is 5.82 Å². The van der Waals surface area contributed by atoms with E-state index in [-0.39, 0.29) is 17.1 Å².